The Morgan fingerprint density at radius 2 is 2.06 bits per heavy atom. The van der Waals surface area contributed by atoms with E-state index in [-0.39, 0.29) is 16.5 Å². The molecule has 2 nitrogen and oxygen atoms in total. The van der Waals surface area contributed by atoms with Gasteiger partial charge in [-0.25, -0.2) is 0 Å². The smallest absolute Gasteiger partial charge is 0.406 e. The van der Waals surface area contributed by atoms with Gasteiger partial charge in [0.25, 0.3) is 0 Å². The summed E-state index contributed by atoms with van der Waals surface area (Å²) in [7, 11) is 0. The number of halogens is 3. The van der Waals surface area contributed by atoms with Crippen LogP contribution in [0.3, 0.4) is 0 Å². The van der Waals surface area contributed by atoms with Gasteiger partial charge in [-0.05, 0) is 37.1 Å². The van der Waals surface area contributed by atoms with Crippen molar-refractivity contribution in [2.24, 2.45) is 5.73 Å². The molecule has 1 heterocycles. The Hall–Kier alpha value is -0.880. The lowest BCUT2D eigenvalue weighted by Crippen LogP contribution is -2.36. The van der Waals surface area contributed by atoms with Crippen LogP contribution in [0.4, 0.5) is 13.2 Å². The summed E-state index contributed by atoms with van der Waals surface area (Å²) in [6.45, 7) is 3.98. The summed E-state index contributed by atoms with van der Waals surface area (Å²) >= 11 is 1.70. The molecule has 1 aromatic rings. The van der Waals surface area contributed by atoms with Crippen molar-refractivity contribution < 1.29 is 17.9 Å². The van der Waals surface area contributed by atoms with Crippen LogP contribution < -0.4 is 10.5 Å². The molecule has 1 aromatic carbocycles. The third-order valence-corrected chi connectivity index (χ3v) is 4.49. The maximum Gasteiger partial charge on any atom is 0.573 e. The molecule has 6 heteroatoms. The van der Waals surface area contributed by atoms with Crippen molar-refractivity contribution in [1.29, 1.82) is 0 Å². The number of rotatable bonds is 1. The summed E-state index contributed by atoms with van der Waals surface area (Å²) in [5, 5.41) is 0. The van der Waals surface area contributed by atoms with Crippen LogP contribution in [-0.2, 0) is 5.75 Å². The largest absolute Gasteiger partial charge is 0.573 e. The fraction of sp³-hybridized carbons (Fsp3) is 0.500. The molecule has 100 valence electrons. The van der Waals surface area contributed by atoms with Crippen LogP contribution in [0.25, 0.3) is 0 Å². The van der Waals surface area contributed by atoms with Crippen LogP contribution in [0.1, 0.15) is 31.0 Å². The van der Waals surface area contributed by atoms with E-state index in [4.69, 9.17) is 5.73 Å². The van der Waals surface area contributed by atoms with E-state index < -0.39 is 6.36 Å². The average molecular weight is 277 g/mol. The zero-order chi connectivity index (χ0) is 13.6. The van der Waals surface area contributed by atoms with Gasteiger partial charge in [0.2, 0.25) is 0 Å². The Labute approximate surface area is 108 Å². The van der Waals surface area contributed by atoms with E-state index in [9.17, 15) is 13.2 Å². The molecule has 0 amide bonds. The first-order valence-electron chi connectivity index (χ1n) is 5.47. The second kappa shape index (κ2) is 4.35. The van der Waals surface area contributed by atoms with Crippen LogP contribution in [0.5, 0.6) is 5.75 Å². The average Bonchev–Trinajstić information content (AvgIpc) is 2.22. The quantitative estimate of drug-likeness (QED) is 0.851. The van der Waals surface area contributed by atoms with Gasteiger partial charge in [-0.3, -0.25) is 0 Å². The van der Waals surface area contributed by atoms with Crippen molar-refractivity contribution >= 4 is 11.8 Å². The summed E-state index contributed by atoms with van der Waals surface area (Å²) in [5.41, 5.74) is 7.81. The van der Waals surface area contributed by atoms with E-state index in [0.717, 1.165) is 16.9 Å². The molecule has 1 atom stereocenters. The predicted octanol–water partition coefficient (Wildman–Crippen LogP) is 3.61. The number of thioether (sulfide) groups is 1. The highest BCUT2D eigenvalue weighted by Gasteiger charge is 2.35. The van der Waals surface area contributed by atoms with Gasteiger partial charge in [-0.2, -0.15) is 0 Å². The standard InChI is InChI=1S/C12H14F3NOS/c1-11(2)10(16)9-5-8(17-12(13,14)15)4-3-7(9)6-18-11/h3-5,10H,6,16H2,1-2H3. The monoisotopic (exact) mass is 277 g/mol. The molecule has 2 rings (SSSR count). The number of nitrogens with two attached hydrogens (primary N) is 1. The molecule has 0 aliphatic carbocycles. The number of benzene rings is 1. The third kappa shape index (κ3) is 2.75. The third-order valence-electron chi connectivity index (χ3n) is 3.03. The highest BCUT2D eigenvalue weighted by Crippen LogP contribution is 2.45. The SMILES string of the molecule is CC1(C)SCc2ccc(OC(F)(F)F)cc2C1N. The van der Waals surface area contributed by atoms with E-state index in [2.05, 4.69) is 4.74 Å². The van der Waals surface area contributed by atoms with Gasteiger partial charge < -0.3 is 10.5 Å². The second-order valence-corrected chi connectivity index (χ2v) is 6.41. The topological polar surface area (TPSA) is 35.2 Å². The Morgan fingerprint density at radius 3 is 2.67 bits per heavy atom. The maximum atomic E-state index is 12.2. The number of alkyl halides is 3. The van der Waals surface area contributed by atoms with Crippen LogP contribution >= 0.6 is 11.8 Å². The lowest BCUT2D eigenvalue weighted by atomic mass is 9.92. The Balaban J connectivity index is 2.34. The van der Waals surface area contributed by atoms with Crippen molar-refractivity contribution in [2.75, 3.05) is 0 Å². The molecule has 2 N–H and O–H groups in total. The molecule has 0 fully saturated rings. The van der Waals surface area contributed by atoms with Gasteiger partial charge >= 0.3 is 6.36 Å². The summed E-state index contributed by atoms with van der Waals surface area (Å²) in [4.78, 5) is 0. The Kier molecular flexibility index (Phi) is 3.27. The first kappa shape index (κ1) is 13.5. The summed E-state index contributed by atoms with van der Waals surface area (Å²) in [6.07, 6.45) is -4.67. The van der Waals surface area contributed by atoms with Gasteiger partial charge in [0.05, 0.1) is 0 Å². The first-order valence-corrected chi connectivity index (χ1v) is 6.46. The first-order chi connectivity index (χ1) is 8.19. The zero-order valence-electron chi connectivity index (χ0n) is 10.0. The van der Waals surface area contributed by atoms with Crippen molar-refractivity contribution in [1.82, 2.24) is 0 Å². The van der Waals surface area contributed by atoms with Gasteiger partial charge in [0.15, 0.2) is 0 Å². The second-order valence-electron chi connectivity index (χ2n) is 4.78. The Morgan fingerprint density at radius 1 is 1.39 bits per heavy atom. The fourth-order valence-corrected chi connectivity index (χ4v) is 3.02. The highest BCUT2D eigenvalue weighted by atomic mass is 32.2. The van der Waals surface area contributed by atoms with Crippen LogP contribution in [0.2, 0.25) is 0 Å². The molecule has 1 aliphatic rings. The van der Waals surface area contributed by atoms with Crippen molar-refractivity contribution in [3.63, 3.8) is 0 Å². The number of hydrogen-bond acceptors (Lipinski definition) is 3. The number of ether oxygens (including phenoxy) is 1. The van der Waals surface area contributed by atoms with Crippen molar-refractivity contribution in [3.8, 4) is 5.75 Å². The molecule has 0 saturated heterocycles. The van der Waals surface area contributed by atoms with E-state index in [1.54, 1.807) is 17.8 Å². The minimum Gasteiger partial charge on any atom is -0.406 e. The van der Waals surface area contributed by atoms with Crippen molar-refractivity contribution in [2.45, 2.75) is 36.8 Å². The molecule has 0 spiro atoms. The molecule has 0 aromatic heterocycles. The van der Waals surface area contributed by atoms with Gasteiger partial charge in [0.1, 0.15) is 5.75 Å². The minimum absolute atomic E-state index is 0.191. The lowest BCUT2D eigenvalue weighted by Gasteiger charge is -2.37. The molecule has 0 bridgehead atoms. The molecular formula is C12H14F3NOS. The summed E-state index contributed by atoms with van der Waals surface area (Å²) < 4.78 is 40.2. The molecule has 18 heavy (non-hydrogen) atoms. The van der Waals surface area contributed by atoms with Gasteiger partial charge in [-0.15, -0.1) is 24.9 Å². The van der Waals surface area contributed by atoms with Gasteiger partial charge in [-0.1, -0.05) is 6.07 Å². The summed E-state index contributed by atoms with van der Waals surface area (Å²) in [5.74, 6) is 0.543. The Bertz CT molecular complexity index is 459. The zero-order valence-corrected chi connectivity index (χ0v) is 10.9. The van der Waals surface area contributed by atoms with Crippen LogP contribution in [0.15, 0.2) is 18.2 Å². The lowest BCUT2D eigenvalue weighted by molar-refractivity contribution is -0.274. The van der Waals surface area contributed by atoms with E-state index in [0.29, 0.717) is 0 Å². The van der Waals surface area contributed by atoms with E-state index in [1.165, 1.54) is 12.1 Å². The summed E-state index contributed by atoms with van der Waals surface area (Å²) in [6, 6.07) is 4.08. The molecule has 1 aliphatic heterocycles. The molecule has 1 unspecified atom stereocenters. The minimum atomic E-state index is -4.67. The van der Waals surface area contributed by atoms with E-state index in [1.807, 2.05) is 13.8 Å². The van der Waals surface area contributed by atoms with Gasteiger partial charge in [0, 0.05) is 16.5 Å². The highest BCUT2D eigenvalue weighted by molar-refractivity contribution is 7.99. The molecule has 0 saturated carbocycles. The van der Waals surface area contributed by atoms with Crippen molar-refractivity contribution in [3.05, 3.63) is 29.3 Å². The number of hydrogen-bond donors (Lipinski definition) is 1. The fourth-order valence-electron chi connectivity index (χ4n) is 1.92. The van der Waals surface area contributed by atoms with E-state index >= 15 is 0 Å². The normalized spacial score (nSPS) is 22.4. The molecule has 0 radical (unpaired) electrons. The predicted molar refractivity (Wildman–Crippen MR) is 65.4 cm³/mol. The molecular weight excluding hydrogens is 263 g/mol. The van der Waals surface area contributed by atoms with Crippen LogP contribution in [-0.4, -0.2) is 11.1 Å². The number of fused-ring (bicyclic) bond motifs is 1. The van der Waals surface area contributed by atoms with Crippen LogP contribution in [0, 0.1) is 0 Å². The maximum absolute atomic E-state index is 12.2.